The van der Waals surface area contributed by atoms with Crippen LogP contribution in [0.2, 0.25) is 0 Å². The molecule has 1 aromatic rings. The molecule has 0 aromatic heterocycles. The second-order valence-corrected chi connectivity index (χ2v) is 5.79. The van der Waals surface area contributed by atoms with Gasteiger partial charge in [-0.25, -0.2) is 0 Å². The molecule has 0 bridgehead atoms. The minimum absolute atomic E-state index is 0.0533. The first kappa shape index (κ1) is 18.0. The lowest BCUT2D eigenvalue weighted by Crippen LogP contribution is -2.50. The van der Waals surface area contributed by atoms with Crippen molar-refractivity contribution in [1.82, 2.24) is 5.32 Å². The zero-order valence-corrected chi connectivity index (χ0v) is 12.7. The van der Waals surface area contributed by atoms with E-state index in [1.54, 1.807) is 0 Å². The van der Waals surface area contributed by atoms with Gasteiger partial charge in [0.25, 0.3) is 5.91 Å². The zero-order valence-electron chi connectivity index (χ0n) is 12.7. The number of ketones is 1. The minimum Gasteiger partial charge on any atom is -0.368 e. The first-order valence-corrected chi connectivity index (χ1v) is 7.48. The Morgan fingerprint density at radius 1 is 1.25 bits per heavy atom. The number of amides is 2. The number of hydrogen-bond acceptors (Lipinski definition) is 3. The number of carbonyl (C=O) groups is 3. The number of nitrogens with one attached hydrogen (secondary N) is 1. The number of primary amides is 1. The average Bonchev–Trinajstić information content (AvgIpc) is 2.51. The van der Waals surface area contributed by atoms with E-state index in [0.717, 1.165) is 12.1 Å². The van der Waals surface area contributed by atoms with Crippen LogP contribution in [0.3, 0.4) is 0 Å². The Balaban J connectivity index is 2.23. The van der Waals surface area contributed by atoms with Gasteiger partial charge >= 0.3 is 6.18 Å². The van der Waals surface area contributed by atoms with Crippen LogP contribution in [0.25, 0.3) is 0 Å². The number of halogens is 3. The molecule has 0 heterocycles. The third-order valence-electron chi connectivity index (χ3n) is 4.06. The summed E-state index contributed by atoms with van der Waals surface area (Å²) in [6.45, 7) is 0. The molecule has 3 N–H and O–H groups in total. The van der Waals surface area contributed by atoms with E-state index in [1.807, 2.05) is 0 Å². The van der Waals surface area contributed by atoms with Crippen LogP contribution in [0.5, 0.6) is 0 Å². The number of Topliss-reactive ketones (excluding diaryl/α,β-unsaturated/α-hetero) is 1. The van der Waals surface area contributed by atoms with Crippen molar-refractivity contribution >= 4 is 17.6 Å². The van der Waals surface area contributed by atoms with Crippen molar-refractivity contribution in [3.05, 3.63) is 35.4 Å². The molecule has 2 amide bonds. The minimum atomic E-state index is -4.70. The van der Waals surface area contributed by atoms with Gasteiger partial charge in [0.15, 0.2) is 0 Å². The molecule has 8 heteroatoms. The molecule has 0 saturated heterocycles. The number of hydrogen-bond donors (Lipinski definition) is 2. The van der Waals surface area contributed by atoms with Crippen LogP contribution in [0.15, 0.2) is 24.3 Å². The lowest BCUT2D eigenvalue weighted by atomic mass is 9.82. The van der Waals surface area contributed by atoms with E-state index in [4.69, 9.17) is 5.73 Å². The summed E-state index contributed by atoms with van der Waals surface area (Å²) >= 11 is 0. The fourth-order valence-corrected chi connectivity index (χ4v) is 2.91. The molecular weight excluding hydrogens is 325 g/mol. The molecule has 130 valence electrons. The summed E-state index contributed by atoms with van der Waals surface area (Å²) < 4.78 is 39.0. The van der Waals surface area contributed by atoms with Gasteiger partial charge in [0.05, 0.1) is 11.1 Å². The summed E-state index contributed by atoms with van der Waals surface area (Å²) in [6.07, 6.45) is -3.17. The standard InChI is InChI=1S/C16H17F3N2O3/c17-16(18,19)12-7-2-1-6-11(12)15(24)21-13(14(20)23)9-4-3-5-10(22)8-9/h1-2,6-7,9,13H,3-5,8H2,(H2,20,23)(H,21,24)/t9-,13+/m0/s1. The third kappa shape index (κ3) is 4.12. The lowest BCUT2D eigenvalue weighted by molar-refractivity contribution is -0.138. The van der Waals surface area contributed by atoms with E-state index in [2.05, 4.69) is 5.32 Å². The molecule has 1 fully saturated rings. The van der Waals surface area contributed by atoms with Crippen LogP contribution in [0.4, 0.5) is 13.2 Å². The summed E-state index contributed by atoms with van der Waals surface area (Å²) in [5, 5.41) is 2.27. The zero-order chi connectivity index (χ0) is 17.9. The monoisotopic (exact) mass is 342 g/mol. The summed E-state index contributed by atoms with van der Waals surface area (Å²) in [5.74, 6) is -2.45. The van der Waals surface area contributed by atoms with Gasteiger partial charge in [0.1, 0.15) is 11.8 Å². The number of rotatable bonds is 4. The normalized spacial score (nSPS) is 19.6. The van der Waals surface area contributed by atoms with Crippen molar-refractivity contribution in [2.75, 3.05) is 0 Å². The van der Waals surface area contributed by atoms with Crippen LogP contribution >= 0.6 is 0 Å². The quantitative estimate of drug-likeness (QED) is 0.877. The van der Waals surface area contributed by atoms with Gasteiger partial charge in [-0.05, 0) is 30.9 Å². The largest absolute Gasteiger partial charge is 0.417 e. The topological polar surface area (TPSA) is 89.3 Å². The van der Waals surface area contributed by atoms with Crippen molar-refractivity contribution in [3.63, 3.8) is 0 Å². The first-order valence-electron chi connectivity index (χ1n) is 7.48. The van der Waals surface area contributed by atoms with Crippen molar-refractivity contribution in [1.29, 1.82) is 0 Å². The van der Waals surface area contributed by atoms with Crippen LogP contribution in [0, 0.1) is 5.92 Å². The van der Waals surface area contributed by atoms with Gasteiger partial charge in [0, 0.05) is 12.8 Å². The lowest BCUT2D eigenvalue weighted by Gasteiger charge is -2.28. The number of carbonyl (C=O) groups excluding carboxylic acids is 3. The second kappa shape index (κ2) is 7.02. The van der Waals surface area contributed by atoms with E-state index < -0.39 is 41.1 Å². The predicted molar refractivity (Wildman–Crippen MR) is 78.9 cm³/mol. The highest BCUT2D eigenvalue weighted by molar-refractivity contribution is 5.99. The molecular formula is C16H17F3N2O3. The molecule has 0 unspecified atom stereocenters. The maximum atomic E-state index is 13.0. The highest BCUT2D eigenvalue weighted by atomic mass is 19.4. The molecule has 1 saturated carbocycles. The van der Waals surface area contributed by atoms with Crippen molar-refractivity contribution in [3.8, 4) is 0 Å². The Kier molecular flexibility index (Phi) is 5.26. The Hall–Kier alpha value is -2.38. The van der Waals surface area contributed by atoms with Crippen LogP contribution < -0.4 is 11.1 Å². The summed E-state index contributed by atoms with van der Waals surface area (Å²) in [6, 6.07) is 3.11. The van der Waals surface area contributed by atoms with E-state index in [0.29, 0.717) is 19.3 Å². The Morgan fingerprint density at radius 3 is 2.50 bits per heavy atom. The maximum absolute atomic E-state index is 13.0. The number of benzene rings is 1. The second-order valence-electron chi connectivity index (χ2n) is 5.79. The molecule has 1 aromatic carbocycles. The molecule has 5 nitrogen and oxygen atoms in total. The van der Waals surface area contributed by atoms with Gasteiger partial charge in [-0.3, -0.25) is 14.4 Å². The van der Waals surface area contributed by atoms with E-state index in [-0.39, 0.29) is 12.2 Å². The summed E-state index contributed by atoms with van der Waals surface area (Å²) in [5.41, 5.74) is 3.60. The molecule has 0 spiro atoms. The fourth-order valence-electron chi connectivity index (χ4n) is 2.91. The van der Waals surface area contributed by atoms with Gasteiger partial charge in [-0.15, -0.1) is 0 Å². The smallest absolute Gasteiger partial charge is 0.368 e. The van der Waals surface area contributed by atoms with Crippen LogP contribution in [-0.2, 0) is 15.8 Å². The van der Waals surface area contributed by atoms with E-state index >= 15 is 0 Å². The third-order valence-corrected chi connectivity index (χ3v) is 4.06. The molecule has 2 atom stereocenters. The molecule has 0 aliphatic heterocycles. The van der Waals surface area contributed by atoms with Gasteiger partial charge < -0.3 is 11.1 Å². The molecule has 0 radical (unpaired) electrons. The Morgan fingerprint density at radius 2 is 1.92 bits per heavy atom. The number of nitrogens with two attached hydrogens (primary N) is 1. The summed E-state index contributed by atoms with van der Waals surface area (Å²) in [7, 11) is 0. The van der Waals surface area contributed by atoms with Crippen molar-refractivity contribution in [2.24, 2.45) is 11.7 Å². The van der Waals surface area contributed by atoms with Crippen molar-refractivity contribution in [2.45, 2.75) is 37.9 Å². The van der Waals surface area contributed by atoms with Crippen LogP contribution in [0.1, 0.15) is 41.6 Å². The van der Waals surface area contributed by atoms with E-state index in [1.165, 1.54) is 12.1 Å². The summed E-state index contributed by atoms with van der Waals surface area (Å²) in [4.78, 5) is 35.4. The molecule has 1 aliphatic carbocycles. The Labute approximate surface area is 136 Å². The number of alkyl halides is 3. The highest BCUT2D eigenvalue weighted by Crippen LogP contribution is 2.32. The highest BCUT2D eigenvalue weighted by Gasteiger charge is 2.37. The molecule has 24 heavy (non-hydrogen) atoms. The Bertz CT molecular complexity index is 658. The van der Waals surface area contributed by atoms with Crippen LogP contribution in [-0.4, -0.2) is 23.6 Å². The molecule has 1 aliphatic rings. The maximum Gasteiger partial charge on any atom is 0.417 e. The van der Waals surface area contributed by atoms with Gasteiger partial charge in [-0.2, -0.15) is 13.2 Å². The fraction of sp³-hybridized carbons (Fsp3) is 0.438. The predicted octanol–water partition coefficient (Wildman–Crippen LogP) is 2.05. The molecule has 2 rings (SSSR count). The SMILES string of the molecule is NC(=O)[C@H](NC(=O)c1ccccc1C(F)(F)F)[C@H]1CCCC(=O)C1. The van der Waals surface area contributed by atoms with Gasteiger partial charge in [0.2, 0.25) is 5.91 Å². The van der Waals surface area contributed by atoms with Gasteiger partial charge in [-0.1, -0.05) is 12.1 Å². The van der Waals surface area contributed by atoms with Crippen molar-refractivity contribution < 1.29 is 27.6 Å². The first-order chi connectivity index (χ1) is 11.2. The average molecular weight is 342 g/mol. The van der Waals surface area contributed by atoms with E-state index in [9.17, 15) is 27.6 Å².